The lowest BCUT2D eigenvalue weighted by Gasteiger charge is -2.34. The highest BCUT2D eigenvalue weighted by Crippen LogP contribution is 2.23. The summed E-state index contributed by atoms with van der Waals surface area (Å²) in [7, 11) is 0. The van der Waals surface area contributed by atoms with E-state index in [2.05, 4.69) is 29.5 Å². The number of halogens is 1. The number of nitrogens with two attached hydrogens (primary N) is 1. The monoisotopic (exact) mass is 372 g/mol. The van der Waals surface area contributed by atoms with Crippen LogP contribution in [0.3, 0.4) is 0 Å². The molecule has 1 saturated heterocycles. The second-order valence-corrected chi connectivity index (χ2v) is 6.50. The molecule has 1 aromatic rings. The number of likely N-dealkylation sites (tertiary alicyclic amines) is 1. The van der Waals surface area contributed by atoms with Crippen molar-refractivity contribution in [1.29, 1.82) is 0 Å². The van der Waals surface area contributed by atoms with Crippen LogP contribution in [0.2, 0.25) is 0 Å². The van der Waals surface area contributed by atoms with E-state index in [4.69, 9.17) is 5.73 Å². The van der Waals surface area contributed by atoms with E-state index >= 15 is 0 Å². The van der Waals surface area contributed by atoms with Gasteiger partial charge in [0, 0.05) is 22.7 Å². The maximum absolute atomic E-state index is 12.5. The van der Waals surface area contributed by atoms with E-state index in [1.807, 2.05) is 30.0 Å². The fraction of sp³-hybridized carbons (Fsp3) is 0.533. The maximum atomic E-state index is 12.5. The van der Waals surface area contributed by atoms with Crippen molar-refractivity contribution < 1.29 is 4.79 Å². The number of piperidine rings is 1. The molecule has 3 nitrogen and oxygen atoms in total. The fourth-order valence-electron chi connectivity index (χ4n) is 2.61. The van der Waals surface area contributed by atoms with E-state index in [1.165, 1.54) is 0 Å². The standard InChI is InChI=1S/C15H21IN2O/c1-10-4-3-5-13(14(10)16)15(19)18-8-6-12(7-9-18)11(2)17/h3-5,11-12H,6-9,17H2,1-2H3. The number of rotatable bonds is 2. The molecule has 19 heavy (non-hydrogen) atoms. The average molecular weight is 372 g/mol. The van der Waals surface area contributed by atoms with Gasteiger partial charge in [0.25, 0.3) is 5.91 Å². The van der Waals surface area contributed by atoms with E-state index in [9.17, 15) is 4.79 Å². The third-order valence-electron chi connectivity index (χ3n) is 3.99. The van der Waals surface area contributed by atoms with Gasteiger partial charge in [-0.25, -0.2) is 0 Å². The van der Waals surface area contributed by atoms with Gasteiger partial charge in [-0.1, -0.05) is 12.1 Å². The van der Waals surface area contributed by atoms with Crippen LogP contribution in [0.4, 0.5) is 0 Å². The van der Waals surface area contributed by atoms with E-state index in [0.717, 1.165) is 40.6 Å². The lowest BCUT2D eigenvalue weighted by molar-refractivity contribution is 0.0680. The van der Waals surface area contributed by atoms with Gasteiger partial charge in [-0.3, -0.25) is 4.79 Å². The van der Waals surface area contributed by atoms with Crippen LogP contribution in [0.1, 0.15) is 35.7 Å². The smallest absolute Gasteiger partial charge is 0.254 e. The molecule has 1 amide bonds. The normalized spacial score (nSPS) is 18.4. The number of carbonyl (C=O) groups is 1. The molecular formula is C15H21IN2O. The summed E-state index contributed by atoms with van der Waals surface area (Å²) in [5.74, 6) is 0.719. The topological polar surface area (TPSA) is 46.3 Å². The maximum Gasteiger partial charge on any atom is 0.254 e. The summed E-state index contributed by atoms with van der Waals surface area (Å²) >= 11 is 2.26. The molecule has 0 bridgehead atoms. The highest BCUT2D eigenvalue weighted by molar-refractivity contribution is 14.1. The number of benzene rings is 1. The molecule has 1 aliphatic heterocycles. The van der Waals surface area contributed by atoms with Crippen LogP contribution in [0.5, 0.6) is 0 Å². The lowest BCUT2D eigenvalue weighted by Crippen LogP contribution is -2.42. The zero-order chi connectivity index (χ0) is 14.0. The molecule has 1 unspecified atom stereocenters. The van der Waals surface area contributed by atoms with Gasteiger partial charge in [0.15, 0.2) is 0 Å². The van der Waals surface area contributed by atoms with Crippen LogP contribution in [-0.2, 0) is 0 Å². The Hall–Kier alpha value is -0.620. The molecule has 1 heterocycles. The SMILES string of the molecule is Cc1cccc(C(=O)N2CCC(C(C)N)CC2)c1I. The van der Waals surface area contributed by atoms with Crippen molar-refractivity contribution in [3.8, 4) is 0 Å². The summed E-state index contributed by atoms with van der Waals surface area (Å²) in [6, 6.07) is 6.16. The lowest BCUT2D eigenvalue weighted by atomic mass is 9.90. The van der Waals surface area contributed by atoms with Crippen molar-refractivity contribution in [2.45, 2.75) is 32.7 Å². The summed E-state index contributed by atoms with van der Waals surface area (Å²) in [6.07, 6.45) is 2.04. The molecule has 1 aliphatic rings. The van der Waals surface area contributed by atoms with E-state index in [-0.39, 0.29) is 11.9 Å². The fourth-order valence-corrected chi connectivity index (χ4v) is 3.20. The molecule has 4 heteroatoms. The molecule has 0 radical (unpaired) electrons. The van der Waals surface area contributed by atoms with Crippen molar-refractivity contribution in [3.05, 3.63) is 32.9 Å². The summed E-state index contributed by atoms with van der Waals surface area (Å²) in [6.45, 7) is 5.76. The molecule has 0 aromatic heterocycles. The predicted molar refractivity (Wildman–Crippen MR) is 86.2 cm³/mol. The van der Waals surface area contributed by atoms with Crippen LogP contribution in [0.25, 0.3) is 0 Å². The van der Waals surface area contributed by atoms with Gasteiger partial charge in [-0.15, -0.1) is 0 Å². The third kappa shape index (κ3) is 3.28. The van der Waals surface area contributed by atoms with Gasteiger partial charge in [0.2, 0.25) is 0 Å². The molecule has 104 valence electrons. The number of hydrogen-bond acceptors (Lipinski definition) is 2. The van der Waals surface area contributed by atoms with Crippen LogP contribution in [0.15, 0.2) is 18.2 Å². The van der Waals surface area contributed by atoms with Crippen LogP contribution in [0, 0.1) is 16.4 Å². The number of nitrogens with zero attached hydrogens (tertiary/aromatic N) is 1. The van der Waals surface area contributed by atoms with E-state index < -0.39 is 0 Å². The van der Waals surface area contributed by atoms with Gasteiger partial charge < -0.3 is 10.6 Å². The molecule has 2 rings (SSSR count). The summed E-state index contributed by atoms with van der Waals surface area (Å²) in [5, 5.41) is 0. The second kappa shape index (κ2) is 6.22. The first-order valence-electron chi connectivity index (χ1n) is 6.80. The van der Waals surface area contributed by atoms with Crippen LogP contribution >= 0.6 is 22.6 Å². The molecular weight excluding hydrogens is 351 g/mol. The Kier molecular flexibility index (Phi) is 4.84. The first-order valence-corrected chi connectivity index (χ1v) is 7.88. The van der Waals surface area contributed by atoms with Crippen molar-refractivity contribution in [1.82, 2.24) is 4.90 Å². The number of amides is 1. The van der Waals surface area contributed by atoms with Gasteiger partial charge in [-0.2, -0.15) is 0 Å². The highest BCUT2D eigenvalue weighted by Gasteiger charge is 2.26. The highest BCUT2D eigenvalue weighted by atomic mass is 127. The summed E-state index contributed by atoms with van der Waals surface area (Å²) in [5.41, 5.74) is 7.94. The largest absolute Gasteiger partial charge is 0.339 e. The third-order valence-corrected chi connectivity index (χ3v) is 5.42. The average Bonchev–Trinajstić information content (AvgIpc) is 2.41. The van der Waals surface area contributed by atoms with Crippen molar-refractivity contribution >= 4 is 28.5 Å². The zero-order valence-electron chi connectivity index (χ0n) is 11.5. The molecule has 1 aromatic carbocycles. The molecule has 1 fully saturated rings. The molecule has 2 N–H and O–H groups in total. The zero-order valence-corrected chi connectivity index (χ0v) is 13.7. The first-order chi connectivity index (χ1) is 9.00. The van der Waals surface area contributed by atoms with Crippen LogP contribution < -0.4 is 5.73 Å². The van der Waals surface area contributed by atoms with Crippen LogP contribution in [-0.4, -0.2) is 29.9 Å². The van der Waals surface area contributed by atoms with Crippen molar-refractivity contribution in [3.63, 3.8) is 0 Å². The van der Waals surface area contributed by atoms with Gasteiger partial charge in [0.1, 0.15) is 0 Å². The summed E-state index contributed by atoms with van der Waals surface area (Å²) < 4.78 is 1.07. The van der Waals surface area contributed by atoms with Gasteiger partial charge >= 0.3 is 0 Å². The Morgan fingerprint density at radius 3 is 2.63 bits per heavy atom. The predicted octanol–water partition coefficient (Wildman–Crippen LogP) is 2.80. The first kappa shape index (κ1) is 14.8. The van der Waals surface area contributed by atoms with Gasteiger partial charge in [0.05, 0.1) is 5.56 Å². The minimum Gasteiger partial charge on any atom is -0.339 e. The Morgan fingerprint density at radius 1 is 1.42 bits per heavy atom. The van der Waals surface area contributed by atoms with E-state index in [0.29, 0.717) is 5.92 Å². The Labute approximate surface area is 128 Å². The minimum atomic E-state index is 0.163. The molecule has 0 aliphatic carbocycles. The van der Waals surface area contributed by atoms with Crippen molar-refractivity contribution in [2.24, 2.45) is 11.7 Å². The number of aryl methyl sites for hydroxylation is 1. The molecule has 0 saturated carbocycles. The number of hydrogen-bond donors (Lipinski definition) is 1. The molecule has 1 atom stereocenters. The Morgan fingerprint density at radius 2 is 2.05 bits per heavy atom. The Bertz CT molecular complexity index is 465. The molecule has 0 spiro atoms. The minimum absolute atomic E-state index is 0.163. The quantitative estimate of drug-likeness (QED) is 0.812. The summed E-state index contributed by atoms with van der Waals surface area (Å²) in [4.78, 5) is 14.5. The Balaban J connectivity index is 2.07. The van der Waals surface area contributed by atoms with Gasteiger partial charge in [-0.05, 0) is 66.8 Å². The van der Waals surface area contributed by atoms with Crippen molar-refractivity contribution in [2.75, 3.05) is 13.1 Å². The van der Waals surface area contributed by atoms with E-state index in [1.54, 1.807) is 0 Å². The number of carbonyl (C=O) groups excluding carboxylic acids is 1. The second-order valence-electron chi connectivity index (χ2n) is 5.43.